The zero-order chi connectivity index (χ0) is 23.6. The van der Waals surface area contributed by atoms with E-state index in [4.69, 9.17) is 0 Å². The van der Waals surface area contributed by atoms with Gasteiger partial charge in [0, 0.05) is 42.5 Å². The predicted molar refractivity (Wildman–Crippen MR) is 125 cm³/mol. The van der Waals surface area contributed by atoms with Gasteiger partial charge in [0.2, 0.25) is 10.0 Å². The first-order valence-electron chi connectivity index (χ1n) is 10.6. The third kappa shape index (κ3) is 5.13. The van der Waals surface area contributed by atoms with E-state index >= 15 is 0 Å². The van der Waals surface area contributed by atoms with Crippen molar-refractivity contribution in [2.24, 2.45) is 7.05 Å². The molecule has 0 aliphatic carbocycles. The molecule has 2 aromatic carbocycles. The van der Waals surface area contributed by atoms with Crippen LogP contribution in [0.2, 0.25) is 0 Å². The SMILES string of the molecule is CC1CCCCN1S(=O)(=O)c1cccc(C(=O)Nc2cc(F)ccc2Sc2nccn2C)c1. The Morgan fingerprint density at radius 3 is 2.76 bits per heavy atom. The first kappa shape index (κ1) is 23.5. The van der Waals surface area contributed by atoms with Crippen molar-refractivity contribution in [3.63, 3.8) is 0 Å². The van der Waals surface area contributed by atoms with Crippen molar-refractivity contribution in [2.75, 3.05) is 11.9 Å². The second-order valence-electron chi connectivity index (χ2n) is 8.01. The zero-order valence-corrected chi connectivity index (χ0v) is 20.0. The van der Waals surface area contributed by atoms with Gasteiger partial charge in [0.15, 0.2) is 5.16 Å². The van der Waals surface area contributed by atoms with E-state index in [1.165, 1.54) is 40.3 Å². The molecule has 0 bridgehead atoms. The summed E-state index contributed by atoms with van der Waals surface area (Å²) in [5, 5.41) is 3.40. The van der Waals surface area contributed by atoms with E-state index in [2.05, 4.69) is 10.3 Å². The number of hydrogen-bond acceptors (Lipinski definition) is 5. The third-order valence-electron chi connectivity index (χ3n) is 5.61. The molecular formula is C23H25FN4O3S2. The fourth-order valence-corrected chi connectivity index (χ4v) is 6.41. The number of benzene rings is 2. The molecule has 1 N–H and O–H groups in total. The van der Waals surface area contributed by atoms with Gasteiger partial charge >= 0.3 is 0 Å². The quantitative estimate of drug-likeness (QED) is 0.551. The van der Waals surface area contributed by atoms with Crippen LogP contribution in [-0.2, 0) is 17.1 Å². The van der Waals surface area contributed by atoms with E-state index in [0.29, 0.717) is 16.6 Å². The summed E-state index contributed by atoms with van der Waals surface area (Å²) >= 11 is 1.29. The van der Waals surface area contributed by atoms with Crippen molar-refractivity contribution in [3.8, 4) is 0 Å². The number of halogens is 1. The number of carbonyl (C=O) groups is 1. The average molecular weight is 489 g/mol. The van der Waals surface area contributed by atoms with Gasteiger partial charge in [0.25, 0.3) is 5.91 Å². The molecule has 1 saturated heterocycles. The molecule has 1 aliphatic rings. The van der Waals surface area contributed by atoms with Gasteiger partial charge in [0.1, 0.15) is 5.82 Å². The smallest absolute Gasteiger partial charge is 0.255 e. The van der Waals surface area contributed by atoms with Crippen molar-refractivity contribution in [1.82, 2.24) is 13.9 Å². The van der Waals surface area contributed by atoms with Gasteiger partial charge in [0.05, 0.1) is 10.6 Å². The molecule has 0 saturated carbocycles. The molecule has 1 atom stereocenters. The lowest BCUT2D eigenvalue weighted by Gasteiger charge is -2.32. The summed E-state index contributed by atoms with van der Waals surface area (Å²) in [6.07, 6.45) is 6.08. The number of nitrogens with one attached hydrogen (secondary N) is 1. The van der Waals surface area contributed by atoms with E-state index in [0.717, 1.165) is 19.3 Å². The van der Waals surface area contributed by atoms with E-state index in [1.807, 2.05) is 18.5 Å². The normalized spacial score (nSPS) is 17.1. The molecule has 7 nitrogen and oxygen atoms in total. The van der Waals surface area contributed by atoms with Crippen LogP contribution in [0.5, 0.6) is 0 Å². The molecule has 1 unspecified atom stereocenters. The number of amides is 1. The van der Waals surface area contributed by atoms with Crippen LogP contribution < -0.4 is 5.32 Å². The lowest BCUT2D eigenvalue weighted by Crippen LogP contribution is -2.41. The first-order chi connectivity index (χ1) is 15.8. The van der Waals surface area contributed by atoms with Crippen molar-refractivity contribution >= 4 is 33.4 Å². The third-order valence-corrected chi connectivity index (χ3v) is 8.77. The van der Waals surface area contributed by atoms with Gasteiger partial charge in [-0.3, -0.25) is 4.79 Å². The van der Waals surface area contributed by atoms with Crippen molar-refractivity contribution in [1.29, 1.82) is 0 Å². The van der Waals surface area contributed by atoms with Gasteiger partial charge in [-0.05, 0) is 67.9 Å². The standard InChI is InChI=1S/C23H25FN4O3S2/c1-16-6-3-4-12-28(16)33(30,31)19-8-5-7-17(14-19)22(29)26-20-15-18(24)9-10-21(20)32-23-25-11-13-27(23)2/h5,7-11,13-16H,3-4,6,12H2,1-2H3,(H,26,29). The summed E-state index contributed by atoms with van der Waals surface area (Å²) in [4.78, 5) is 17.9. The Bertz CT molecular complexity index is 1280. The summed E-state index contributed by atoms with van der Waals surface area (Å²) in [6, 6.07) is 9.99. The minimum absolute atomic E-state index is 0.0748. The predicted octanol–water partition coefficient (Wildman–Crippen LogP) is 4.53. The largest absolute Gasteiger partial charge is 0.329 e. The van der Waals surface area contributed by atoms with Gasteiger partial charge in [-0.15, -0.1) is 0 Å². The van der Waals surface area contributed by atoms with Crippen LogP contribution in [0.3, 0.4) is 0 Å². The van der Waals surface area contributed by atoms with Gasteiger partial charge in [-0.1, -0.05) is 12.5 Å². The Labute approximate surface area is 197 Å². The second kappa shape index (κ2) is 9.66. The summed E-state index contributed by atoms with van der Waals surface area (Å²) in [6.45, 7) is 2.37. The van der Waals surface area contributed by atoms with E-state index in [9.17, 15) is 17.6 Å². The maximum absolute atomic E-state index is 14.0. The number of sulfonamides is 1. The Kier molecular flexibility index (Phi) is 6.87. The molecule has 174 valence electrons. The van der Waals surface area contributed by atoms with E-state index < -0.39 is 21.7 Å². The number of anilines is 1. The number of rotatable bonds is 6. The monoisotopic (exact) mass is 488 g/mol. The highest BCUT2D eigenvalue weighted by atomic mass is 32.2. The molecule has 4 rings (SSSR count). The summed E-state index contributed by atoms with van der Waals surface area (Å²) in [7, 11) is -1.88. The highest BCUT2D eigenvalue weighted by Gasteiger charge is 2.31. The van der Waals surface area contributed by atoms with Gasteiger partial charge in [-0.2, -0.15) is 4.31 Å². The maximum atomic E-state index is 14.0. The van der Waals surface area contributed by atoms with Crippen LogP contribution in [0.25, 0.3) is 0 Å². The molecule has 1 amide bonds. The van der Waals surface area contributed by atoms with Crippen LogP contribution >= 0.6 is 11.8 Å². The van der Waals surface area contributed by atoms with Crippen LogP contribution in [0.1, 0.15) is 36.5 Å². The maximum Gasteiger partial charge on any atom is 0.255 e. The van der Waals surface area contributed by atoms with E-state index in [-0.39, 0.29) is 22.2 Å². The molecule has 3 aromatic rings. The number of aryl methyl sites for hydroxylation is 1. The molecule has 0 radical (unpaired) electrons. The molecular weight excluding hydrogens is 463 g/mol. The fraction of sp³-hybridized carbons (Fsp3) is 0.304. The van der Waals surface area contributed by atoms with Gasteiger partial charge < -0.3 is 9.88 Å². The number of imidazole rings is 1. The Hall–Kier alpha value is -2.69. The Morgan fingerprint density at radius 1 is 1.21 bits per heavy atom. The number of nitrogens with zero attached hydrogens (tertiary/aromatic N) is 3. The van der Waals surface area contributed by atoms with Crippen LogP contribution in [0, 0.1) is 5.82 Å². The zero-order valence-electron chi connectivity index (χ0n) is 18.4. The van der Waals surface area contributed by atoms with Crippen LogP contribution in [-0.4, -0.2) is 40.8 Å². The first-order valence-corrected chi connectivity index (χ1v) is 12.9. The minimum Gasteiger partial charge on any atom is -0.329 e. The van der Waals surface area contributed by atoms with Crippen molar-refractivity contribution in [3.05, 3.63) is 66.2 Å². The molecule has 1 aliphatic heterocycles. The molecule has 10 heteroatoms. The summed E-state index contributed by atoms with van der Waals surface area (Å²) < 4.78 is 43.6. The van der Waals surface area contributed by atoms with Crippen LogP contribution in [0.15, 0.2) is 69.8 Å². The second-order valence-corrected chi connectivity index (χ2v) is 10.9. The average Bonchev–Trinajstić information content (AvgIpc) is 3.20. The molecule has 0 spiro atoms. The van der Waals surface area contributed by atoms with E-state index in [1.54, 1.807) is 30.6 Å². The minimum atomic E-state index is -3.72. The van der Waals surface area contributed by atoms with Crippen LogP contribution in [0.4, 0.5) is 10.1 Å². The van der Waals surface area contributed by atoms with Crippen molar-refractivity contribution < 1.29 is 17.6 Å². The van der Waals surface area contributed by atoms with Crippen molar-refractivity contribution in [2.45, 2.75) is 47.2 Å². The topological polar surface area (TPSA) is 84.3 Å². The highest BCUT2D eigenvalue weighted by Crippen LogP contribution is 2.33. The van der Waals surface area contributed by atoms with Gasteiger partial charge in [-0.25, -0.2) is 17.8 Å². The number of carbonyl (C=O) groups excluding carboxylic acids is 1. The lowest BCUT2D eigenvalue weighted by atomic mass is 10.1. The number of hydrogen-bond donors (Lipinski definition) is 1. The Morgan fingerprint density at radius 2 is 2.03 bits per heavy atom. The number of piperidine rings is 1. The molecule has 2 heterocycles. The molecule has 33 heavy (non-hydrogen) atoms. The Balaban J connectivity index is 1.59. The fourth-order valence-electron chi connectivity index (χ4n) is 3.79. The summed E-state index contributed by atoms with van der Waals surface area (Å²) in [5.74, 6) is -1.02. The highest BCUT2D eigenvalue weighted by molar-refractivity contribution is 7.99. The molecule has 1 aromatic heterocycles. The number of aromatic nitrogens is 2. The molecule has 1 fully saturated rings. The lowest BCUT2D eigenvalue weighted by molar-refractivity contribution is 0.102. The summed E-state index contributed by atoms with van der Waals surface area (Å²) in [5.41, 5.74) is 0.462.